The van der Waals surface area contributed by atoms with Gasteiger partial charge >= 0.3 is 5.97 Å². The predicted molar refractivity (Wildman–Crippen MR) is 79.5 cm³/mol. The summed E-state index contributed by atoms with van der Waals surface area (Å²) < 4.78 is 0. The van der Waals surface area contributed by atoms with Gasteiger partial charge in [0.15, 0.2) is 0 Å². The van der Waals surface area contributed by atoms with Crippen molar-refractivity contribution in [3.05, 3.63) is 71.3 Å². The highest BCUT2D eigenvalue weighted by molar-refractivity contribution is 5.75. The maximum Gasteiger partial charge on any atom is 0.325 e. The summed E-state index contributed by atoms with van der Waals surface area (Å²) in [5, 5.41) is 12.6. The summed E-state index contributed by atoms with van der Waals surface area (Å²) in [5.74, 6) is -0.865. The highest BCUT2D eigenvalue weighted by Crippen LogP contribution is 2.20. The Balaban J connectivity index is 2.19. The van der Waals surface area contributed by atoms with Crippen LogP contribution in [0.3, 0.4) is 0 Å². The van der Waals surface area contributed by atoms with Crippen LogP contribution in [-0.2, 0) is 4.79 Å². The molecule has 104 valence electrons. The Morgan fingerprint density at radius 1 is 1.05 bits per heavy atom. The number of carboxylic acid groups (broad SMARTS) is 1. The van der Waals surface area contributed by atoms with Crippen molar-refractivity contribution < 1.29 is 9.90 Å². The van der Waals surface area contributed by atoms with E-state index in [2.05, 4.69) is 11.4 Å². The van der Waals surface area contributed by atoms with Gasteiger partial charge in [0.1, 0.15) is 6.04 Å². The van der Waals surface area contributed by atoms with Crippen LogP contribution in [0.25, 0.3) is 0 Å². The van der Waals surface area contributed by atoms with Gasteiger partial charge in [0, 0.05) is 6.04 Å². The van der Waals surface area contributed by atoms with Gasteiger partial charge in [0.25, 0.3) is 0 Å². The minimum absolute atomic E-state index is 0.0313. The minimum Gasteiger partial charge on any atom is -0.480 e. The molecule has 0 fully saturated rings. The minimum atomic E-state index is -0.865. The Labute approximate surface area is 119 Å². The maximum atomic E-state index is 11.5. The number of hydrogen-bond donors (Lipinski definition) is 2. The molecule has 2 N–H and O–H groups in total. The number of nitrogens with one attached hydrogen (secondary N) is 1. The van der Waals surface area contributed by atoms with Crippen LogP contribution in [0, 0.1) is 6.92 Å². The van der Waals surface area contributed by atoms with Crippen molar-refractivity contribution in [3.8, 4) is 0 Å². The van der Waals surface area contributed by atoms with Gasteiger partial charge in [0.2, 0.25) is 0 Å². The number of aliphatic carboxylic acids is 1. The van der Waals surface area contributed by atoms with E-state index in [0.29, 0.717) is 0 Å². The van der Waals surface area contributed by atoms with Crippen LogP contribution in [0.1, 0.15) is 35.7 Å². The van der Waals surface area contributed by atoms with E-state index in [-0.39, 0.29) is 6.04 Å². The fourth-order valence-corrected chi connectivity index (χ4v) is 2.24. The molecule has 0 saturated heterocycles. The summed E-state index contributed by atoms with van der Waals surface area (Å²) in [7, 11) is 0. The van der Waals surface area contributed by atoms with Crippen molar-refractivity contribution in [1.82, 2.24) is 5.32 Å². The van der Waals surface area contributed by atoms with Crippen LogP contribution >= 0.6 is 0 Å². The monoisotopic (exact) mass is 269 g/mol. The van der Waals surface area contributed by atoms with E-state index in [0.717, 1.165) is 11.1 Å². The zero-order valence-electron chi connectivity index (χ0n) is 11.7. The van der Waals surface area contributed by atoms with Crippen LogP contribution in [-0.4, -0.2) is 11.1 Å². The highest BCUT2D eigenvalue weighted by atomic mass is 16.4. The molecular formula is C17H19NO2. The van der Waals surface area contributed by atoms with Crippen LogP contribution in [0.4, 0.5) is 0 Å². The SMILES string of the molecule is Cc1cccc([C@@H](C)NC(C(=O)O)c2ccccc2)c1. The molecule has 0 aliphatic heterocycles. The van der Waals surface area contributed by atoms with Gasteiger partial charge in [-0.05, 0) is 25.0 Å². The van der Waals surface area contributed by atoms with Gasteiger partial charge in [0.05, 0.1) is 0 Å². The molecule has 0 heterocycles. The number of hydrogen-bond acceptors (Lipinski definition) is 2. The van der Waals surface area contributed by atoms with Gasteiger partial charge in [-0.2, -0.15) is 0 Å². The van der Waals surface area contributed by atoms with Crippen molar-refractivity contribution in [1.29, 1.82) is 0 Å². The van der Waals surface area contributed by atoms with Crippen LogP contribution in [0.15, 0.2) is 54.6 Å². The third-order valence-corrected chi connectivity index (χ3v) is 3.34. The molecule has 0 aromatic heterocycles. The normalized spacial score (nSPS) is 13.7. The molecule has 2 aromatic carbocycles. The third-order valence-electron chi connectivity index (χ3n) is 3.34. The van der Waals surface area contributed by atoms with Gasteiger partial charge in [-0.15, -0.1) is 0 Å². The molecule has 0 spiro atoms. The first-order chi connectivity index (χ1) is 9.58. The summed E-state index contributed by atoms with van der Waals surface area (Å²) in [6, 6.07) is 16.6. The zero-order chi connectivity index (χ0) is 14.5. The van der Waals surface area contributed by atoms with E-state index in [1.807, 2.05) is 62.4 Å². The fourth-order valence-electron chi connectivity index (χ4n) is 2.24. The summed E-state index contributed by atoms with van der Waals surface area (Å²) >= 11 is 0. The smallest absolute Gasteiger partial charge is 0.325 e. The fraction of sp³-hybridized carbons (Fsp3) is 0.235. The van der Waals surface area contributed by atoms with Gasteiger partial charge in [-0.1, -0.05) is 60.2 Å². The molecule has 2 aromatic rings. The molecule has 0 aliphatic carbocycles. The summed E-state index contributed by atoms with van der Waals surface area (Å²) in [5.41, 5.74) is 3.02. The largest absolute Gasteiger partial charge is 0.480 e. The quantitative estimate of drug-likeness (QED) is 0.873. The lowest BCUT2D eigenvalue weighted by Crippen LogP contribution is -2.30. The number of benzene rings is 2. The molecule has 0 aliphatic rings. The Kier molecular flexibility index (Phi) is 4.53. The van der Waals surface area contributed by atoms with E-state index >= 15 is 0 Å². The standard InChI is InChI=1S/C17H19NO2/c1-12-7-6-10-15(11-12)13(2)18-16(17(19)20)14-8-4-3-5-9-14/h3-11,13,16,18H,1-2H3,(H,19,20)/t13-,16?/m1/s1. The first-order valence-corrected chi connectivity index (χ1v) is 6.68. The van der Waals surface area contributed by atoms with E-state index in [4.69, 9.17) is 0 Å². The van der Waals surface area contributed by atoms with E-state index in [1.54, 1.807) is 0 Å². The predicted octanol–water partition coefficient (Wildman–Crippen LogP) is 3.47. The lowest BCUT2D eigenvalue weighted by Gasteiger charge is -2.21. The van der Waals surface area contributed by atoms with Crippen molar-refractivity contribution >= 4 is 5.97 Å². The molecule has 0 radical (unpaired) electrons. The van der Waals surface area contributed by atoms with E-state index in [9.17, 15) is 9.90 Å². The lowest BCUT2D eigenvalue weighted by molar-refractivity contribution is -0.139. The number of carboxylic acids is 1. The topological polar surface area (TPSA) is 49.3 Å². The second kappa shape index (κ2) is 6.35. The van der Waals surface area contributed by atoms with Crippen LogP contribution in [0.2, 0.25) is 0 Å². The zero-order valence-corrected chi connectivity index (χ0v) is 11.7. The molecular weight excluding hydrogens is 250 g/mol. The molecule has 0 bridgehead atoms. The maximum absolute atomic E-state index is 11.5. The Morgan fingerprint density at radius 2 is 1.70 bits per heavy atom. The summed E-state index contributed by atoms with van der Waals surface area (Å²) in [4.78, 5) is 11.5. The lowest BCUT2D eigenvalue weighted by atomic mass is 10.0. The van der Waals surface area contributed by atoms with Crippen molar-refractivity contribution in [3.63, 3.8) is 0 Å². The van der Waals surface area contributed by atoms with Crippen molar-refractivity contribution in [2.45, 2.75) is 25.9 Å². The van der Waals surface area contributed by atoms with Gasteiger partial charge in [-0.3, -0.25) is 10.1 Å². The van der Waals surface area contributed by atoms with E-state index < -0.39 is 12.0 Å². The van der Waals surface area contributed by atoms with Gasteiger partial charge in [-0.25, -0.2) is 0 Å². The Morgan fingerprint density at radius 3 is 2.30 bits per heavy atom. The number of rotatable bonds is 5. The molecule has 2 atom stereocenters. The summed E-state index contributed by atoms with van der Waals surface area (Å²) in [6.45, 7) is 4.01. The van der Waals surface area contributed by atoms with Crippen LogP contribution in [0.5, 0.6) is 0 Å². The molecule has 1 unspecified atom stereocenters. The first kappa shape index (κ1) is 14.3. The second-order valence-corrected chi connectivity index (χ2v) is 4.98. The average molecular weight is 269 g/mol. The van der Waals surface area contributed by atoms with Crippen molar-refractivity contribution in [2.75, 3.05) is 0 Å². The summed E-state index contributed by atoms with van der Waals surface area (Å²) in [6.07, 6.45) is 0. The second-order valence-electron chi connectivity index (χ2n) is 4.98. The van der Waals surface area contributed by atoms with E-state index in [1.165, 1.54) is 5.56 Å². The Bertz CT molecular complexity index is 581. The first-order valence-electron chi connectivity index (χ1n) is 6.68. The number of carbonyl (C=O) groups is 1. The van der Waals surface area contributed by atoms with Gasteiger partial charge < -0.3 is 5.11 Å². The van der Waals surface area contributed by atoms with Crippen molar-refractivity contribution in [2.24, 2.45) is 0 Å². The molecule has 3 nitrogen and oxygen atoms in total. The average Bonchev–Trinajstić information content (AvgIpc) is 2.45. The number of aryl methyl sites for hydroxylation is 1. The third kappa shape index (κ3) is 3.45. The van der Waals surface area contributed by atoms with Crippen LogP contribution < -0.4 is 5.32 Å². The molecule has 2 rings (SSSR count). The highest BCUT2D eigenvalue weighted by Gasteiger charge is 2.21. The molecule has 0 amide bonds. The molecule has 0 saturated carbocycles. The molecule has 3 heteroatoms. The molecule has 20 heavy (non-hydrogen) atoms. The Hall–Kier alpha value is -2.13.